The summed E-state index contributed by atoms with van der Waals surface area (Å²) in [5.41, 5.74) is 0. The van der Waals surface area contributed by atoms with Gasteiger partial charge in [-0.05, 0) is 49.4 Å². The summed E-state index contributed by atoms with van der Waals surface area (Å²) < 4.78 is 10.6. The Hall–Kier alpha value is -1.06. The Morgan fingerprint density at radius 3 is 1.62 bits per heavy atom. The molecule has 0 aromatic heterocycles. The van der Waals surface area contributed by atoms with Crippen LogP contribution in [0.25, 0.3) is 0 Å². The molecule has 0 saturated carbocycles. The standard InChI is InChI=1S/C25H48O4/c1-20(2)15-17-28-24(26)14-12-10-8-7-9-11-13-23(22(5)6)19-25(27)29-18-16-21(3)4/h20-23H,7-19H2,1-6H3. The van der Waals surface area contributed by atoms with Crippen molar-refractivity contribution in [3.63, 3.8) is 0 Å². The zero-order valence-corrected chi connectivity index (χ0v) is 20.1. The third-order valence-corrected chi connectivity index (χ3v) is 5.49. The molecule has 0 aliphatic carbocycles. The molecule has 4 nitrogen and oxygen atoms in total. The predicted octanol–water partition coefficient (Wildman–Crippen LogP) is 6.95. The van der Waals surface area contributed by atoms with Gasteiger partial charge in [-0.1, -0.05) is 73.6 Å². The topological polar surface area (TPSA) is 52.6 Å². The van der Waals surface area contributed by atoms with E-state index < -0.39 is 0 Å². The van der Waals surface area contributed by atoms with Crippen LogP contribution >= 0.6 is 0 Å². The van der Waals surface area contributed by atoms with Gasteiger partial charge in [-0.3, -0.25) is 9.59 Å². The molecule has 0 rings (SSSR count). The molecule has 0 aromatic rings. The van der Waals surface area contributed by atoms with Crippen molar-refractivity contribution in [3.05, 3.63) is 0 Å². The van der Waals surface area contributed by atoms with E-state index >= 15 is 0 Å². The minimum absolute atomic E-state index is 0.0374. The molecule has 0 radical (unpaired) electrons. The highest BCUT2D eigenvalue weighted by Gasteiger charge is 2.18. The average Bonchev–Trinajstić information content (AvgIpc) is 2.62. The van der Waals surface area contributed by atoms with Gasteiger partial charge in [0.1, 0.15) is 0 Å². The van der Waals surface area contributed by atoms with Crippen molar-refractivity contribution in [3.8, 4) is 0 Å². The Balaban J connectivity index is 3.71. The first-order valence-electron chi connectivity index (χ1n) is 12.0. The van der Waals surface area contributed by atoms with Gasteiger partial charge >= 0.3 is 11.9 Å². The van der Waals surface area contributed by atoms with E-state index in [4.69, 9.17) is 9.47 Å². The molecule has 0 fully saturated rings. The molecule has 29 heavy (non-hydrogen) atoms. The van der Waals surface area contributed by atoms with Crippen LogP contribution in [0.5, 0.6) is 0 Å². The summed E-state index contributed by atoms with van der Waals surface area (Å²) in [6.45, 7) is 14.1. The minimum Gasteiger partial charge on any atom is -0.466 e. The largest absolute Gasteiger partial charge is 0.466 e. The highest BCUT2D eigenvalue weighted by atomic mass is 16.5. The maximum absolute atomic E-state index is 12.0. The molecule has 0 aliphatic rings. The first kappa shape index (κ1) is 27.9. The SMILES string of the molecule is CC(C)CCOC(=O)CCCCCCCCC(CC(=O)OCCC(C)C)C(C)C. The number of carbonyl (C=O) groups is 2. The van der Waals surface area contributed by atoms with Gasteiger partial charge in [-0.25, -0.2) is 0 Å². The summed E-state index contributed by atoms with van der Waals surface area (Å²) in [5, 5.41) is 0. The highest BCUT2D eigenvalue weighted by molar-refractivity contribution is 5.69. The molecule has 0 saturated heterocycles. The van der Waals surface area contributed by atoms with Gasteiger partial charge in [-0.15, -0.1) is 0 Å². The highest BCUT2D eigenvalue weighted by Crippen LogP contribution is 2.23. The van der Waals surface area contributed by atoms with Crippen molar-refractivity contribution in [1.82, 2.24) is 0 Å². The van der Waals surface area contributed by atoms with E-state index in [9.17, 15) is 9.59 Å². The molecule has 0 heterocycles. The van der Waals surface area contributed by atoms with Gasteiger partial charge in [-0.2, -0.15) is 0 Å². The fourth-order valence-electron chi connectivity index (χ4n) is 3.22. The molecule has 172 valence electrons. The number of esters is 2. The van der Waals surface area contributed by atoms with Crippen LogP contribution in [0, 0.1) is 23.7 Å². The Morgan fingerprint density at radius 2 is 1.10 bits per heavy atom. The smallest absolute Gasteiger partial charge is 0.306 e. The van der Waals surface area contributed by atoms with Crippen molar-refractivity contribution < 1.29 is 19.1 Å². The van der Waals surface area contributed by atoms with Crippen LogP contribution in [-0.2, 0) is 19.1 Å². The van der Waals surface area contributed by atoms with Crippen LogP contribution in [0.15, 0.2) is 0 Å². The first-order chi connectivity index (χ1) is 13.7. The Bertz CT molecular complexity index is 415. The van der Waals surface area contributed by atoms with Gasteiger partial charge in [0.15, 0.2) is 0 Å². The van der Waals surface area contributed by atoms with Crippen LogP contribution < -0.4 is 0 Å². The predicted molar refractivity (Wildman–Crippen MR) is 121 cm³/mol. The summed E-state index contributed by atoms with van der Waals surface area (Å²) in [5.74, 6) is 1.99. The second-order valence-electron chi connectivity index (χ2n) is 9.67. The van der Waals surface area contributed by atoms with Crippen LogP contribution in [-0.4, -0.2) is 25.2 Å². The Kier molecular flexibility index (Phi) is 17.1. The van der Waals surface area contributed by atoms with Gasteiger partial charge in [0.2, 0.25) is 0 Å². The number of rotatable bonds is 18. The Labute approximate surface area is 180 Å². The molecular weight excluding hydrogens is 364 g/mol. The lowest BCUT2D eigenvalue weighted by Gasteiger charge is -2.20. The number of ether oxygens (including phenoxy) is 2. The van der Waals surface area contributed by atoms with E-state index in [1.807, 2.05) is 0 Å². The maximum Gasteiger partial charge on any atom is 0.306 e. The number of hydrogen-bond acceptors (Lipinski definition) is 4. The zero-order chi connectivity index (χ0) is 22.1. The molecule has 0 amide bonds. The van der Waals surface area contributed by atoms with Crippen LogP contribution in [0.2, 0.25) is 0 Å². The first-order valence-corrected chi connectivity index (χ1v) is 12.0. The second-order valence-corrected chi connectivity index (χ2v) is 9.67. The molecule has 0 spiro atoms. The van der Waals surface area contributed by atoms with Gasteiger partial charge < -0.3 is 9.47 Å². The normalized spacial score (nSPS) is 12.6. The monoisotopic (exact) mass is 412 g/mol. The molecule has 4 heteroatoms. The van der Waals surface area contributed by atoms with Crippen molar-refractivity contribution >= 4 is 11.9 Å². The lowest BCUT2D eigenvalue weighted by molar-refractivity contribution is -0.146. The fourth-order valence-corrected chi connectivity index (χ4v) is 3.22. The van der Waals surface area contributed by atoms with E-state index in [-0.39, 0.29) is 11.9 Å². The molecule has 0 aliphatic heterocycles. The average molecular weight is 413 g/mol. The van der Waals surface area contributed by atoms with Crippen molar-refractivity contribution in [2.24, 2.45) is 23.7 Å². The summed E-state index contributed by atoms with van der Waals surface area (Å²) >= 11 is 0. The van der Waals surface area contributed by atoms with Gasteiger partial charge in [0.05, 0.1) is 13.2 Å². The molecule has 1 atom stereocenters. The molecule has 0 N–H and O–H groups in total. The quantitative estimate of drug-likeness (QED) is 0.180. The second kappa shape index (κ2) is 17.8. The lowest BCUT2D eigenvalue weighted by Crippen LogP contribution is -2.17. The number of hydrogen-bond donors (Lipinski definition) is 0. The third-order valence-electron chi connectivity index (χ3n) is 5.49. The number of unbranched alkanes of at least 4 members (excludes halogenated alkanes) is 5. The summed E-state index contributed by atoms with van der Waals surface area (Å²) in [6.07, 6.45) is 10.8. The van der Waals surface area contributed by atoms with Crippen molar-refractivity contribution in [2.75, 3.05) is 13.2 Å². The number of carbonyl (C=O) groups excluding carboxylic acids is 2. The Morgan fingerprint density at radius 1 is 0.621 bits per heavy atom. The lowest BCUT2D eigenvalue weighted by atomic mass is 9.87. The zero-order valence-electron chi connectivity index (χ0n) is 20.1. The van der Waals surface area contributed by atoms with E-state index in [1.54, 1.807) is 0 Å². The van der Waals surface area contributed by atoms with Crippen LogP contribution in [0.3, 0.4) is 0 Å². The van der Waals surface area contributed by atoms with Crippen LogP contribution in [0.4, 0.5) is 0 Å². The van der Waals surface area contributed by atoms with E-state index in [2.05, 4.69) is 41.5 Å². The van der Waals surface area contributed by atoms with E-state index in [0.717, 1.165) is 32.1 Å². The van der Waals surface area contributed by atoms with Gasteiger partial charge in [0.25, 0.3) is 0 Å². The molecule has 0 aromatic carbocycles. The van der Waals surface area contributed by atoms with Crippen molar-refractivity contribution in [1.29, 1.82) is 0 Å². The maximum atomic E-state index is 12.0. The van der Waals surface area contributed by atoms with Gasteiger partial charge in [0, 0.05) is 12.8 Å². The van der Waals surface area contributed by atoms with Crippen molar-refractivity contribution in [2.45, 2.75) is 112 Å². The van der Waals surface area contributed by atoms with E-state index in [0.29, 0.717) is 49.7 Å². The molecule has 1 unspecified atom stereocenters. The third kappa shape index (κ3) is 18.7. The fraction of sp³-hybridized carbons (Fsp3) is 0.920. The molecule has 0 bridgehead atoms. The minimum atomic E-state index is -0.0503. The summed E-state index contributed by atoms with van der Waals surface area (Å²) in [7, 11) is 0. The molecular formula is C25H48O4. The summed E-state index contributed by atoms with van der Waals surface area (Å²) in [4.78, 5) is 23.7. The summed E-state index contributed by atoms with van der Waals surface area (Å²) in [6, 6.07) is 0. The van der Waals surface area contributed by atoms with E-state index in [1.165, 1.54) is 25.7 Å². The van der Waals surface area contributed by atoms with Crippen LogP contribution in [0.1, 0.15) is 112 Å².